The van der Waals surface area contributed by atoms with Crippen molar-refractivity contribution in [3.05, 3.63) is 34.9 Å². The SMILES string of the molecule is CCOCC(C)(O)Cc1cc(C)ccc1C. The van der Waals surface area contributed by atoms with Crippen LogP contribution in [0.2, 0.25) is 0 Å². The zero-order chi connectivity index (χ0) is 12.2. The van der Waals surface area contributed by atoms with Crippen molar-refractivity contribution in [2.75, 3.05) is 13.2 Å². The topological polar surface area (TPSA) is 29.5 Å². The Morgan fingerprint density at radius 3 is 2.62 bits per heavy atom. The molecule has 0 aliphatic carbocycles. The highest BCUT2D eigenvalue weighted by Gasteiger charge is 2.21. The van der Waals surface area contributed by atoms with Gasteiger partial charge in [-0.2, -0.15) is 0 Å². The first-order chi connectivity index (χ1) is 7.44. The molecule has 0 saturated heterocycles. The molecule has 0 radical (unpaired) electrons. The van der Waals surface area contributed by atoms with Crippen LogP contribution in [-0.2, 0) is 11.2 Å². The van der Waals surface area contributed by atoms with Crippen molar-refractivity contribution in [1.29, 1.82) is 0 Å². The fraction of sp³-hybridized carbons (Fsp3) is 0.571. The number of rotatable bonds is 5. The molecule has 0 aromatic heterocycles. The molecule has 1 unspecified atom stereocenters. The van der Waals surface area contributed by atoms with Gasteiger partial charge in [-0.3, -0.25) is 0 Å². The minimum absolute atomic E-state index is 0.386. The van der Waals surface area contributed by atoms with E-state index in [-0.39, 0.29) is 0 Å². The molecule has 0 saturated carbocycles. The monoisotopic (exact) mass is 222 g/mol. The summed E-state index contributed by atoms with van der Waals surface area (Å²) < 4.78 is 5.29. The van der Waals surface area contributed by atoms with E-state index in [2.05, 4.69) is 32.0 Å². The van der Waals surface area contributed by atoms with Crippen LogP contribution in [-0.4, -0.2) is 23.9 Å². The maximum absolute atomic E-state index is 10.2. The van der Waals surface area contributed by atoms with Gasteiger partial charge in [0, 0.05) is 13.0 Å². The molecule has 1 N–H and O–H groups in total. The molecule has 2 heteroatoms. The Morgan fingerprint density at radius 1 is 1.31 bits per heavy atom. The average molecular weight is 222 g/mol. The predicted octanol–water partition coefficient (Wildman–Crippen LogP) is 2.63. The Labute approximate surface area is 98.3 Å². The molecule has 0 aliphatic heterocycles. The lowest BCUT2D eigenvalue weighted by molar-refractivity contribution is -0.0297. The van der Waals surface area contributed by atoms with E-state index in [4.69, 9.17) is 4.74 Å². The van der Waals surface area contributed by atoms with E-state index in [0.717, 1.165) is 0 Å². The van der Waals surface area contributed by atoms with Crippen LogP contribution in [0.25, 0.3) is 0 Å². The van der Waals surface area contributed by atoms with Crippen LogP contribution in [0.4, 0.5) is 0 Å². The molecule has 2 nitrogen and oxygen atoms in total. The van der Waals surface area contributed by atoms with Crippen LogP contribution < -0.4 is 0 Å². The first kappa shape index (κ1) is 13.2. The highest BCUT2D eigenvalue weighted by Crippen LogP contribution is 2.18. The van der Waals surface area contributed by atoms with Gasteiger partial charge in [0.25, 0.3) is 0 Å². The van der Waals surface area contributed by atoms with E-state index >= 15 is 0 Å². The van der Waals surface area contributed by atoms with Gasteiger partial charge in [-0.25, -0.2) is 0 Å². The molecule has 1 atom stereocenters. The summed E-state index contributed by atoms with van der Waals surface area (Å²) in [6, 6.07) is 6.33. The highest BCUT2D eigenvalue weighted by atomic mass is 16.5. The zero-order valence-electron chi connectivity index (χ0n) is 10.7. The van der Waals surface area contributed by atoms with Crippen LogP contribution in [0.5, 0.6) is 0 Å². The molecule has 0 bridgehead atoms. The van der Waals surface area contributed by atoms with Crippen LogP contribution in [0.15, 0.2) is 18.2 Å². The van der Waals surface area contributed by atoms with Crippen molar-refractivity contribution in [3.8, 4) is 0 Å². The van der Waals surface area contributed by atoms with Crippen molar-refractivity contribution in [2.45, 2.75) is 39.7 Å². The molecule has 0 amide bonds. The number of hydrogen-bond donors (Lipinski definition) is 1. The summed E-state index contributed by atoms with van der Waals surface area (Å²) in [4.78, 5) is 0. The third-order valence-electron chi connectivity index (χ3n) is 2.69. The van der Waals surface area contributed by atoms with E-state index in [0.29, 0.717) is 19.6 Å². The first-order valence-corrected chi connectivity index (χ1v) is 5.81. The van der Waals surface area contributed by atoms with E-state index < -0.39 is 5.60 Å². The second-order valence-corrected chi connectivity index (χ2v) is 4.74. The summed E-state index contributed by atoms with van der Waals surface area (Å²) >= 11 is 0. The number of aliphatic hydroxyl groups is 1. The fourth-order valence-corrected chi connectivity index (χ4v) is 1.77. The van der Waals surface area contributed by atoms with E-state index in [9.17, 15) is 5.11 Å². The second kappa shape index (κ2) is 5.46. The molecule has 1 aromatic rings. The summed E-state index contributed by atoms with van der Waals surface area (Å²) in [5.74, 6) is 0. The van der Waals surface area contributed by atoms with Gasteiger partial charge in [0.2, 0.25) is 0 Å². The molecule has 1 rings (SSSR count). The number of hydrogen-bond acceptors (Lipinski definition) is 2. The number of benzene rings is 1. The molecule has 0 fully saturated rings. The van der Waals surface area contributed by atoms with Gasteiger partial charge in [-0.1, -0.05) is 23.8 Å². The number of ether oxygens (including phenoxy) is 1. The van der Waals surface area contributed by atoms with Crippen molar-refractivity contribution in [2.24, 2.45) is 0 Å². The molecule has 16 heavy (non-hydrogen) atoms. The Hall–Kier alpha value is -0.860. The Balaban J connectivity index is 2.74. The van der Waals surface area contributed by atoms with E-state index in [1.54, 1.807) is 0 Å². The van der Waals surface area contributed by atoms with Gasteiger partial charge in [0.15, 0.2) is 0 Å². The lowest BCUT2D eigenvalue weighted by Gasteiger charge is -2.24. The van der Waals surface area contributed by atoms with Gasteiger partial charge >= 0.3 is 0 Å². The molecule has 0 heterocycles. The van der Waals surface area contributed by atoms with Gasteiger partial charge in [0.1, 0.15) is 0 Å². The van der Waals surface area contributed by atoms with Crippen LogP contribution >= 0.6 is 0 Å². The Morgan fingerprint density at radius 2 is 2.00 bits per heavy atom. The smallest absolute Gasteiger partial charge is 0.0892 e. The molecule has 90 valence electrons. The van der Waals surface area contributed by atoms with Crippen molar-refractivity contribution >= 4 is 0 Å². The van der Waals surface area contributed by atoms with Gasteiger partial charge in [-0.15, -0.1) is 0 Å². The second-order valence-electron chi connectivity index (χ2n) is 4.74. The maximum Gasteiger partial charge on any atom is 0.0892 e. The quantitative estimate of drug-likeness (QED) is 0.830. The summed E-state index contributed by atoms with van der Waals surface area (Å²) in [6.07, 6.45) is 0.639. The summed E-state index contributed by atoms with van der Waals surface area (Å²) in [6.45, 7) is 8.93. The minimum Gasteiger partial charge on any atom is -0.387 e. The van der Waals surface area contributed by atoms with Crippen molar-refractivity contribution in [3.63, 3.8) is 0 Å². The predicted molar refractivity (Wildman–Crippen MR) is 66.7 cm³/mol. The third kappa shape index (κ3) is 3.95. The van der Waals surface area contributed by atoms with Crippen LogP contribution in [0.3, 0.4) is 0 Å². The zero-order valence-corrected chi connectivity index (χ0v) is 10.7. The van der Waals surface area contributed by atoms with Crippen LogP contribution in [0.1, 0.15) is 30.5 Å². The summed E-state index contributed by atoms with van der Waals surface area (Å²) in [5.41, 5.74) is 2.87. The maximum atomic E-state index is 10.2. The molecule has 0 spiro atoms. The lowest BCUT2D eigenvalue weighted by Crippen LogP contribution is -2.33. The molecular weight excluding hydrogens is 200 g/mol. The van der Waals surface area contributed by atoms with Crippen molar-refractivity contribution < 1.29 is 9.84 Å². The van der Waals surface area contributed by atoms with E-state index in [1.807, 2.05) is 13.8 Å². The average Bonchev–Trinajstić information content (AvgIpc) is 2.20. The largest absolute Gasteiger partial charge is 0.387 e. The summed E-state index contributed by atoms with van der Waals surface area (Å²) in [5, 5.41) is 10.2. The molecule has 0 aliphatic rings. The normalized spacial score (nSPS) is 14.8. The first-order valence-electron chi connectivity index (χ1n) is 5.81. The van der Waals surface area contributed by atoms with Gasteiger partial charge in [0.05, 0.1) is 12.2 Å². The van der Waals surface area contributed by atoms with Crippen LogP contribution in [0, 0.1) is 13.8 Å². The minimum atomic E-state index is -0.783. The summed E-state index contributed by atoms with van der Waals surface area (Å²) in [7, 11) is 0. The third-order valence-corrected chi connectivity index (χ3v) is 2.69. The highest BCUT2D eigenvalue weighted by molar-refractivity contribution is 5.31. The fourth-order valence-electron chi connectivity index (χ4n) is 1.77. The Kier molecular flexibility index (Phi) is 4.51. The molecular formula is C14H22O2. The Bertz CT molecular complexity index is 343. The van der Waals surface area contributed by atoms with Gasteiger partial charge < -0.3 is 9.84 Å². The number of aryl methyl sites for hydroxylation is 2. The molecule has 1 aromatic carbocycles. The lowest BCUT2D eigenvalue weighted by atomic mass is 9.93. The standard InChI is InChI=1S/C14H22O2/c1-5-16-10-14(4,15)9-13-8-11(2)6-7-12(13)3/h6-8,15H,5,9-10H2,1-4H3. The van der Waals surface area contributed by atoms with E-state index in [1.165, 1.54) is 16.7 Å². The van der Waals surface area contributed by atoms with Crippen molar-refractivity contribution in [1.82, 2.24) is 0 Å². The van der Waals surface area contributed by atoms with Gasteiger partial charge in [-0.05, 0) is 38.8 Å².